The van der Waals surface area contributed by atoms with Gasteiger partial charge in [-0.3, -0.25) is 9.36 Å². The summed E-state index contributed by atoms with van der Waals surface area (Å²) in [5, 5.41) is 8.68. The average molecular weight is 330 g/mol. The Balaban J connectivity index is 2.11. The number of rotatable bonds is 3. The lowest BCUT2D eigenvalue weighted by Gasteiger charge is -2.04. The van der Waals surface area contributed by atoms with Crippen molar-refractivity contribution in [3.8, 4) is 0 Å². The van der Waals surface area contributed by atoms with Gasteiger partial charge in [0.25, 0.3) is 0 Å². The quantitative estimate of drug-likeness (QED) is 0.808. The highest BCUT2D eigenvalue weighted by atomic mass is 127. The summed E-state index contributed by atoms with van der Waals surface area (Å²) in [6.07, 6.45) is 2.80. The fourth-order valence-electron chi connectivity index (χ4n) is 1.76. The summed E-state index contributed by atoms with van der Waals surface area (Å²) in [4.78, 5) is 0. The van der Waals surface area contributed by atoms with Crippen LogP contribution in [0.15, 0.2) is 12.3 Å². The summed E-state index contributed by atoms with van der Waals surface area (Å²) < 4.78 is 5.25. The third kappa shape index (κ3) is 2.14. The van der Waals surface area contributed by atoms with Crippen molar-refractivity contribution in [2.24, 2.45) is 7.05 Å². The normalized spacial score (nSPS) is 11.0. The van der Waals surface area contributed by atoms with E-state index in [0.29, 0.717) is 0 Å². The zero-order chi connectivity index (χ0) is 11.7. The lowest BCUT2D eigenvalue weighted by molar-refractivity contribution is 0.570. The van der Waals surface area contributed by atoms with Gasteiger partial charge in [0.05, 0.1) is 9.26 Å². The SMILES string of the molecule is Cc1nn(CCc2ccnn2C)c(C)c1I. The Morgan fingerprint density at radius 2 is 2.12 bits per heavy atom. The molecule has 0 bridgehead atoms. The number of aryl methyl sites for hydroxylation is 4. The van der Waals surface area contributed by atoms with Gasteiger partial charge in [-0.2, -0.15) is 10.2 Å². The molecule has 2 heterocycles. The van der Waals surface area contributed by atoms with Gasteiger partial charge < -0.3 is 0 Å². The molecule has 0 spiro atoms. The van der Waals surface area contributed by atoms with E-state index in [0.717, 1.165) is 18.7 Å². The van der Waals surface area contributed by atoms with Crippen molar-refractivity contribution in [1.29, 1.82) is 0 Å². The van der Waals surface area contributed by atoms with E-state index in [2.05, 4.69) is 57.4 Å². The van der Waals surface area contributed by atoms with E-state index in [-0.39, 0.29) is 0 Å². The van der Waals surface area contributed by atoms with E-state index in [1.54, 1.807) is 0 Å². The molecule has 0 radical (unpaired) electrons. The molecule has 0 fully saturated rings. The van der Waals surface area contributed by atoms with E-state index >= 15 is 0 Å². The Labute approximate surface area is 109 Å². The Hall–Kier alpha value is -0.850. The van der Waals surface area contributed by atoms with Crippen molar-refractivity contribution in [3.63, 3.8) is 0 Å². The van der Waals surface area contributed by atoms with Crippen LogP contribution in [0.25, 0.3) is 0 Å². The topological polar surface area (TPSA) is 35.6 Å². The van der Waals surface area contributed by atoms with Gasteiger partial charge in [0.15, 0.2) is 0 Å². The fraction of sp³-hybridized carbons (Fsp3) is 0.455. The Morgan fingerprint density at radius 3 is 2.62 bits per heavy atom. The molecule has 16 heavy (non-hydrogen) atoms. The summed E-state index contributed by atoms with van der Waals surface area (Å²) in [5.74, 6) is 0. The van der Waals surface area contributed by atoms with Crippen molar-refractivity contribution in [2.45, 2.75) is 26.8 Å². The van der Waals surface area contributed by atoms with Crippen LogP contribution in [0.1, 0.15) is 17.1 Å². The Kier molecular flexibility index (Phi) is 3.32. The maximum Gasteiger partial charge on any atom is 0.0729 e. The average Bonchev–Trinajstić information content (AvgIpc) is 2.76. The Bertz CT molecular complexity index is 498. The van der Waals surface area contributed by atoms with Crippen molar-refractivity contribution >= 4 is 22.6 Å². The van der Waals surface area contributed by atoms with E-state index in [1.165, 1.54) is 15.0 Å². The number of hydrogen-bond acceptors (Lipinski definition) is 2. The largest absolute Gasteiger partial charge is 0.273 e. The first-order valence-electron chi connectivity index (χ1n) is 5.26. The highest BCUT2D eigenvalue weighted by Gasteiger charge is 2.08. The molecule has 0 aliphatic heterocycles. The summed E-state index contributed by atoms with van der Waals surface area (Å²) in [6.45, 7) is 5.08. The molecule has 0 saturated heterocycles. The van der Waals surface area contributed by atoms with Gasteiger partial charge in [-0.1, -0.05) is 0 Å². The van der Waals surface area contributed by atoms with E-state index in [1.807, 2.05) is 17.9 Å². The van der Waals surface area contributed by atoms with Gasteiger partial charge in [0.2, 0.25) is 0 Å². The van der Waals surface area contributed by atoms with Gasteiger partial charge >= 0.3 is 0 Å². The number of hydrogen-bond donors (Lipinski definition) is 0. The predicted molar refractivity (Wildman–Crippen MR) is 71.3 cm³/mol. The lowest BCUT2D eigenvalue weighted by atomic mass is 10.3. The van der Waals surface area contributed by atoms with Crippen molar-refractivity contribution < 1.29 is 0 Å². The van der Waals surface area contributed by atoms with Gasteiger partial charge in [0, 0.05) is 37.6 Å². The maximum absolute atomic E-state index is 4.52. The first-order valence-corrected chi connectivity index (χ1v) is 6.34. The molecular weight excluding hydrogens is 315 g/mol. The summed E-state index contributed by atoms with van der Waals surface area (Å²) in [7, 11) is 1.97. The van der Waals surface area contributed by atoms with Crippen LogP contribution in [0.4, 0.5) is 0 Å². The third-order valence-corrected chi connectivity index (χ3v) is 4.36. The van der Waals surface area contributed by atoms with E-state index in [4.69, 9.17) is 0 Å². The number of halogens is 1. The van der Waals surface area contributed by atoms with Crippen molar-refractivity contribution in [2.75, 3.05) is 0 Å². The zero-order valence-corrected chi connectivity index (χ0v) is 11.9. The van der Waals surface area contributed by atoms with Gasteiger partial charge in [0.1, 0.15) is 0 Å². The van der Waals surface area contributed by atoms with E-state index in [9.17, 15) is 0 Å². The Morgan fingerprint density at radius 1 is 1.38 bits per heavy atom. The minimum Gasteiger partial charge on any atom is -0.273 e. The molecule has 2 aromatic rings. The van der Waals surface area contributed by atoms with Crippen LogP contribution in [-0.2, 0) is 20.0 Å². The molecule has 0 aliphatic carbocycles. The third-order valence-electron chi connectivity index (χ3n) is 2.80. The van der Waals surface area contributed by atoms with Crippen LogP contribution in [0, 0.1) is 17.4 Å². The van der Waals surface area contributed by atoms with Crippen molar-refractivity contribution in [3.05, 3.63) is 32.9 Å². The second-order valence-electron chi connectivity index (χ2n) is 3.90. The van der Waals surface area contributed by atoms with Crippen LogP contribution in [-0.4, -0.2) is 19.6 Å². The van der Waals surface area contributed by atoms with E-state index < -0.39 is 0 Å². The van der Waals surface area contributed by atoms with Crippen LogP contribution in [0.2, 0.25) is 0 Å². The summed E-state index contributed by atoms with van der Waals surface area (Å²) in [6, 6.07) is 2.05. The molecule has 0 atom stereocenters. The van der Waals surface area contributed by atoms with Crippen molar-refractivity contribution in [1.82, 2.24) is 19.6 Å². The lowest BCUT2D eigenvalue weighted by Crippen LogP contribution is -2.08. The molecule has 86 valence electrons. The predicted octanol–water partition coefficient (Wildman–Crippen LogP) is 2.08. The molecule has 0 N–H and O–H groups in total. The highest BCUT2D eigenvalue weighted by molar-refractivity contribution is 14.1. The minimum absolute atomic E-state index is 0.912. The molecule has 0 amide bonds. The smallest absolute Gasteiger partial charge is 0.0729 e. The molecule has 0 unspecified atom stereocenters. The monoisotopic (exact) mass is 330 g/mol. The molecule has 0 aliphatic rings. The maximum atomic E-state index is 4.52. The molecule has 4 nitrogen and oxygen atoms in total. The summed E-state index contributed by atoms with van der Waals surface area (Å²) >= 11 is 2.35. The second-order valence-corrected chi connectivity index (χ2v) is 4.98. The molecule has 2 aromatic heterocycles. The second kappa shape index (κ2) is 4.57. The number of nitrogens with zero attached hydrogens (tertiary/aromatic N) is 4. The molecule has 0 saturated carbocycles. The molecule has 0 aromatic carbocycles. The number of aromatic nitrogens is 4. The minimum atomic E-state index is 0.912. The van der Waals surface area contributed by atoms with Crippen LogP contribution < -0.4 is 0 Å². The first kappa shape index (κ1) is 11.6. The molecule has 2 rings (SSSR count). The van der Waals surface area contributed by atoms with Crippen LogP contribution in [0.5, 0.6) is 0 Å². The highest BCUT2D eigenvalue weighted by Crippen LogP contribution is 2.15. The summed E-state index contributed by atoms with van der Waals surface area (Å²) in [5.41, 5.74) is 3.60. The van der Waals surface area contributed by atoms with Crippen LogP contribution in [0.3, 0.4) is 0 Å². The fourth-order valence-corrected chi connectivity index (χ4v) is 2.15. The van der Waals surface area contributed by atoms with Gasteiger partial charge in [-0.15, -0.1) is 0 Å². The van der Waals surface area contributed by atoms with Gasteiger partial charge in [-0.05, 0) is 42.5 Å². The van der Waals surface area contributed by atoms with Crippen LogP contribution >= 0.6 is 22.6 Å². The molecule has 5 heteroatoms. The first-order chi connectivity index (χ1) is 7.59. The van der Waals surface area contributed by atoms with Gasteiger partial charge in [-0.25, -0.2) is 0 Å². The standard InChI is InChI=1S/C11H15IN4/c1-8-11(12)9(2)16(14-8)7-5-10-4-6-13-15(10)3/h4,6H,5,7H2,1-3H3. The zero-order valence-electron chi connectivity index (χ0n) is 9.74. The molecular formula is C11H15IN4.